The molecule has 0 unspecified atom stereocenters. The summed E-state index contributed by atoms with van der Waals surface area (Å²) in [6.07, 6.45) is 1.22. The number of rotatable bonds is 4. The molecular weight excluding hydrogens is 234 g/mol. The number of benzene rings is 1. The number of aryl methyl sites for hydroxylation is 1. The molecule has 0 spiro atoms. The van der Waals surface area contributed by atoms with Crippen molar-refractivity contribution >= 4 is 5.69 Å². The van der Waals surface area contributed by atoms with Gasteiger partial charge in [-0.15, -0.1) is 0 Å². The third-order valence-electron chi connectivity index (χ3n) is 2.62. The molecule has 0 saturated carbocycles. The summed E-state index contributed by atoms with van der Waals surface area (Å²) in [7, 11) is 0. The normalized spacial score (nSPS) is 10.6. The van der Waals surface area contributed by atoms with Gasteiger partial charge in [-0.05, 0) is 13.0 Å². The molecule has 1 N–H and O–H groups in total. The van der Waals surface area contributed by atoms with Crippen LogP contribution in [0.15, 0.2) is 30.5 Å². The molecule has 0 atom stereocenters. The molecule has 2 aromatic rings. The predicted molar refractivity (Wildman–Crippen MR) is 66.1 cm³/mol. The molecule has 0 radical (unpaired) electrons. The van der Waals surface area contributed by atoms with E-state index in [4.69, 9.17) is 5.11 Å². The van der Waals surface area contributed by atoms with Gasteiger partial charge in [-0.1, -0.05) is 23.8 Å². The molecule has 0 saturated heterocycles. The van der Waals surface area contributed by atoms with Crippen LogP contribution >= 0.6 is 0 Å². The first-order valence-electron chi connectivity index (χ1n) is 5.51. The standard InChI is InChI=1S/C12H13N3O3/c1-9-3-2-4-10(7-9)12-11(15(17)18)8-13-14(12)5-6-16/h2-4,7-8,16H,5-6H2,1H3. The van der Waals surface area contributed by atoms with Crippen LogP contribution in [0, 0.1) is 17.0 Å². The highest BCUT2D eigenvalue weighted by atomic mass is 16.6. The van der Waals surface area contributed by atoms with E-state index < -0.39 is 4.92 Å². The monoisotopic (exact) mass is 247 g/mol. The Labute approximate surface area is 104 Å². The van der Waals surface area contributed by atoms with Crippen molar-refractivity contribution < 1.29 is 10.0 Å². The summed E-state index contributed by atoms with van der Waals surface area (Å²) in [6, 6.07) is 7.41. The first-order valence-corrected chi connectivity index (χ1v) is 5.51. The van der Waals surface area contributed by atoms with Crippen LogP contribution in [0.2, 0.25) is 0 Å². The van der Waals surface area contributed by atoms with Crippen LogP contribution in [0.25, 0.3) is 11.3 Å². The van der Waals surface area contributed by atoms with Gasteiger partial charge in [-0.25, -0.2) is 0 Å². The third-order valence-corrected chi connectivity index (χ3v) is 2.62. The molecule has 0 amide bonds. The average molecular weight is 247 g/mol. The smallest absolute Gasteiger partial charge is 0.314 e. The fraction of sp³-hybridized carbons (Fsp3) is 0.250. The maximum absolute atomic E-state index is 11.0. The first kappa shape index (κ1) is 12.3. The van der Waals surface area contributed by atoms with Crippen LogP contribution < -0.4 is 0 Å². The largest absolute Gasteiger partial charge is 0.394 e. The van der Waals surface area contributed by atoms with Crippen LogP contribution in [0.1, 0.15) is 5.56 Å². The average Bonchev–Trinajstić information content (AvgIpc) is 2.73. The summed E-state index contributed by atoms with van der Waals surface area (Å²) in [6.45, 7) is 2.04. The fourth-order valence-corrected chi connectivity index (χ4v) is 1.86. The second kappa shape index (κ2) is 4.97. The van der Waals surface area contributed by atoms with E-state index in [9.17, 15) is 10.1 Å². The van der Waals surface area contributed by atoms with Crippen molar-refractivity contribution in [1.82, 2.24) is 9.78 Å². The highest BCUT2D eigenvalue weighted by Crippen LogP contribution is 2.29. The Morgan fingerprint density at radius 1 is 1.50 bits per heavy atom. The quantitative estimate of drug-likeness (QED) is 0.659. The van der Waals surface area contributed by atoms with Gasteiger partial charge in [0.1, 0.15) is 11.9 Å². The van der Waals surface area contributed by atoms with Crippen molar-refractivity contribution in [2.75, 3.05) is 6.61 Å². The van der Waals surface area contributed by atoms with Crippen molar-refractivity contribution in [2.45, 2.75) is 13.5 Å². The van der Waals surface area contributed by atoms with E-state index in [1.807, 2.05) is 25.1 Å². The highest BCUT2D eigenvalue weighted by molar-refractivity contribution is 5.70. The van der Waals surface area contributed by atoms with E-state index in [1.165, 1.54) is 10.9 Å². The van der Waals surface area contributed by atoms with Crippen molar-refractivity contribution in [3.63, 3.8) is 0 Å². The van der Waals surface area contributed by atoms with Gasteiger partial charge in [0, 0.05) is 5.56 Å². The molecule has 1 aromatic heterocycles. The number of aliphatic hydroxyl groups is 1. The molecule has 0 aliphatic heterocycles. The molecule has 0 aliphatic rings. The number of aromatic nitrogens is 2. The fourth-order valence-electron chi connectivity index (χ4n) is 1.86. The Hall–Kier alpha value is -2.21. The van der Waals surface area contributed by atoms with Gasteiger partial charge >= 0.3 is 5.69 Å². The van der Waals surface area contributed by atoms with E-state index in [1.54, 1.807) is 6.07 Å². The number of nitrogens with zero attached hydrogens (tertiary/aromatic N) is 3. The highest BCUT2D eigenvalue weighted by Gasteiger charge is 2.21. The van der Waals surface area contributed by atoms with E-state index >= 15 is 0 Å². The zero-order valence-corrected chi connectivity index (χ0v) is 9.91. The Balaban J connectivity index is 2.59. The maximum atomic E-state index is 11.0. The molecule has 18 heavy (non-hydrogen) atoms. The van der Waals surface area contributed by atoms with Gasteiger partial charge in [-0.3, -0.25) is 14.8 Å². The third kappa shape index (κ3) is 2.23. The van der Waals surface area contributed by atoms with Gasteiger partial charge < -0.3 is 5.11 Å². The molecule has 6 heteroatoms. The van der Waals surface area contributed by atoms with E-state index in [0.717, 1.165) is 11.1 Å². The van der Waals surface area contributed by atoms with Crippen molar-refractivity contribution in [3.8, 4) is 11.3 Å². The molecule has 0 fully saturated rings. The molecule has 94 valence electrons. The molecule has 2 rings (SSSR count). The van der Waals surface area contributed by atoms with Crippen LogP contribution in [-0.4, -0.2) is 26.4 Å². The van der Waals surface area contributed by atoms with E-state index in [0.29, 0.717) is 5.69 Å². The van der Waals surface area contributed by atoms with Gasteiger partial charge in [0.25, 0.3) is 0 Å². The first-order chi connectivity index (χ1) is 8.63. The molecule has 0 aliphatic carbocycles. The zero-order valence-electron chi connectivity index (χ0n) is 9.91. The molecule has 6 nitrogen and oxygen atoms in total. The van der Waals surface area contributed by atoms with Gasteiger partial charge in [-0.2, -0.15) is 5.10 Å². The van der Waals surface area contributed by atoms with Crippen LogP contribution in [-0.2, 0) is 6.54 Å². The van der Waals surface area contributed by atoms with Crippen LogP contribution in [0.4, 0.5) is 5.69 Å². The summed E-state index contributed by atoms with van der Waals surface area (Å²) < 4.78 is 1.45. The molecule has 0 bridgehead atoms. The summed E-state index contributed by atoms with van der Waals surface area (Å²) in [5.74, 6) is 0. The lowest BCUT2D eigenvalue weighted by atomic mass is 10.1. The topological polar surface area (TPSA) is 81.2 Å². The maximum Gasteiger partial charge on any atom is 0.314 e. The van der Waals surface area contributed by atoms with Crippen molar-refractivity contribution in [2.24, 2.45) is 0 Å². The van der Waals surface area contributed by atoms with E-state index in [2.05, 4.69) is 5.10 Å². The minimum Gasteiger partial charge on any atom is -0.394 e. The molecule has 1 aromatic carbocycles. The summed E-state index contributed by atoms with van der Waals surface area (Å²) in [5, 5.41) is 23.9. The zero-order chi connectivity index (χ0) is 13.1. The van der Waals surface area contributed by atoms with Gasteiger partial charge in [0.2, 0.25) is 0 Å². The van der Waals surface area contributed by atoms with Crippen molar-refractivity contribution in [1.29, 1.82) is 0 Å². The second-order valence-corrected chi connectivity index (χ2v) is 3.95. The number of aliphatic hydroxyl groups excluding tert-OH is 1. The summed E-state index contributed by atoms with van der Waals surface area (Å²) in [4.78, 5) is 10.5. The van der Waals surface area contributed by atoms with Crippen LogP contribution in [0.5, 0.6) is 0 Å². The number of nitro groups is 1. The number of hydrogen-bond acceptors (Lipinski definition) is 4. The summed E-state index contributed by atoms with van der Waals surface area (Å²) >= 11 is 0. The van der Waals surface area contributed by atoms with Gasteiger partial charge in [0.05, 0.1) is 18.1 Å². The Kier molecular flexibility index (Phi) is 3.38. The van der Waals surface area contributed by atoms with E-state index in [-0.39, 0.29) is 18.8 Å². The van der Waals surface area contributed by atoms with Crippen LogP contribution in [0.3, 0.4) is 0 Å². The summed E-state index contributed by atoms with van der Waals surface area (Å²) in [5.41, 5.74) is 2.12. The minimum atomic E-state index is -0.460. The Morgan fingerprint density at radius 3 is 2.89 bits per heavy atom. The Bertz CT molecular complexity index is 578. The lowest BCUT2D eigenvalue weighted by Crippen LogP contribution is -2.06. The number of hydrogen-bond donors (Lipinski definition) is 1. The minimum absolute atomic E-state index is 0.0472. The second-order valence-electron chi connectivity index (χ2n) is 3.95. The SMILES string of the molecule is Cc1cccc(-c2c([N+](=O)[O-])cnn2CCO)c1. The molecule has 1 heterocycles. The Morgan fingerprint density at radius 2 is 2.28 bits per heavy atom. The molecular formula is C12H13N3O3. The lowest BCUT2D eigenvalue weighted by molar-refractivity contribution is -0.384. The van der Waals surface area contributed by atoms with Gasteiger partial charge in [0.15, 0.2) is 0 Å². The lowest BCUT2D eigenvalue weighted by Gasteiger charge is -2.06. The van der Waals surface area contributed by atoms with Crippen molar-refractivity contribution in [3.05, 3.63) is 46.1 Å². The predicted octanol–water partition coefficient (Wildman–Crippen LogP) is 1.76.